The maximum absolute atomic E-state index is 12.7. The van der Waals surface area contributed by atoms with Crippen LogP contribution in [0.2, 0.25) is 10.0 Å². The van der Waals surface area contributed by atoms with Crippen LogP contribution >= 0.6 is 23.2 Å². The Bertz CT molecular complexity index is 538. The maximum Gasteiger partial charge on any atom is 0.260 e. The van der Waals surface area contributed by atoms with Crippen molar-refractivity contribution in [2.45, 2.75) is 25.9 Å². The van der Waals surface area contributed by atoms with Crippen molar-refractivity contribution in [3.05, 3.63) is 21.7 Å². The van der Waals surface area contributed by atoms with Crippen LogP contribution in [0.5, 0.6) is 11.5 Å². The lowest BCUT2D eigenvalue weighted by atomic mass is 10.1. The molecule has 0 aromatic heterocycles. The molecule has 1 aliphatic heterocycles. The van der Waals surface area contributed by atoms with E-state index in [0.29, 0.717) is 0 Å². The topological polar surface area (TPSA) is 50.8 Å². The van der Waals surface area contributed by atoms with Crippen LogP contribution in [0.15, 0.2) is 6.07 Å². The first-order valence-electron chi connectivity index (χ1n) is 7.18. The lowest BCUT2D eigenvalue weighted by Crippen LogP contribution is -2.44. The van der Waals surface area contributed by atoms with Gasteiger partial charge in [-0.1, -0.05) is 30.1 Å². The van der Waals surface area contributed by atoms with Crippen LogP contribution < -0.4 is 14.8 Å². The largest absolute Gasteiger partial charge is 0.494 e. The molecular formula is C15H20Cl2N2O3. The normalized spacial score (nSPS) is 18.3. The lowest BCUT2D eigenvalue weighted by molar-refractivity contribution is 0.0883. The molecule has 0 saturated carbocycles. The Hall–Kier alpha value is -1.17. The molecule has 1 atom stereocenters. The Kier molecular flexibility index (Phi) is 5.78. The third kappa shape index (κ3) is 3.26. The number of methoxy groups -OCH3 is 2. The van der Waals surface area contributed by atoms with Gasteiger partial charge in [-0.25, -0.2) is 0 Å². The first-order valence-corrected chi connectivity index (χ1v) is 7.93. The van der Waals surface area contributed by atoms with E-state index in [-0.39, 0.29) is 39.2 Å². The van der Waals surface area contributed by atoms with Crippen LogP contribution in [-0.2, 0) is 0 Å². The Labute approximate surface area is 140 Å². The number of amides is 1. The van der Waals surface area contributed by atoms with E-state index >= 15 is 0 Å². The SMILES string of the molecule is CCN1CCC[C@H]1NC(=O)c1c(OC)c(Cl)cc(Cl)c1OC. The monoisotopic (exact) mass is 346 g/mol. The fourth-order valence-corrected chi connectivity index (χ4v) is 3.40. The number of nitrogens with one attached hydrogen (secondary N) is 1. The second kappa shape index (κ2) is 7.40. The highest BCUT2D eigenvalue weighted by Crippen LogP contribution is 2.41. The van der Waals surface area contributed by atoms with Crippen molar-refractivity contribution in [1.82, 2.24) is 10.2 Å². The van der Waals surface area contributed by atoms with Gasteiger partial charge in [0.15, 0.2) is 11.5 Å². The zero-order chi connectivity index (χ0) is 16.3. The van der Waals surface area contributed by atoms with E-state index < -0.39 is 0 Å². The number of likely N-dealkylation sites (tertiary alicyclic amines) is 1. The lowest BCUT2D eigenvalue weighted by Gasteiger charge is -2.24. The molecule has 2 rings (SSSR count). The first-order chi connectivity index (χ1) is 10.5. The summed E-state index contributed by atoms with van der Waals surface area (Å²) in [6.45, 7) is 3.93. The summed E-state index contributed by atoms with van der Waals surface area (Å²) in [7, 11) is 2.92. The molecule has 5 nitrogen and oxygen atoms in total. The van der Waals surface area contributed by atoms with Crippen LogP contribution in [-0.4, -0.2) is 44.3 Å². The summed E-state index contributed by atoms with van der Waals surface area (Å²) >= 11 is 12.3. The maximum atomic E-state index is 12.7. The van der Waals surface area contributed by atoms with Gasteiger partial charge in [0.2, 0.25) is 0 Å². The summed E-state index contributed by atoms with van der Waals surface area (Å²) in [5.41, 5.74) is 0.227. The molecule has 1 aromatic carbocycles. The van der Waals surface area contributed by atoms with Gasteiger partial charge >= 0.3 is 0 Å². The van der Waals surface area contributed by atoms with E-state index in [2.05, 4.69) is 17.1 Å². The molecule has 122 valence electrons. The predicted molar refractivity (Wildman–Crippen MR) is 87.3 cm³/mol. The first kappa shape index (κ1) is 17.2. The van der Waals surface area contributed by atoms with Crippen molar-refractivity contribution in [3.8, 4) is 11.5 Å². The van der Waals surface area contributed by atoms with E-state index in [9.17, 15) is 4.79 Å². The van der Waals surface area contributed by atoms with E-state index in [1.807, 2.05) is 0 Å². The summed E-state index contributed by atoms with van der Waals surface area (Å²) in [6.07, 6.45) is 1.98. The van der Waals surface area contributed by atoms with Crippen molar-refractivity contribution in [2.75, 3.05) is 27.3 Å². The molecule has 1 aromatic rings. The number of hydrogen-bond donors (Lipinski definition) is 1. The third-order valence-corrected chi connectivity index (χ3v) is 4.41. The molecule has 1 fully saturated rings. The van der Waals surface area contributed by atoms with Crippen molar-refractivity contribution < 1.29 is 14.3 Å². The van der Waals surface area contributed by atoms with Crippen molar-refractivity contribution >= 4 is 29.1 Å². The van der Waals surface area contributed by atoms with E-state index in [4.69, 9.17) is 32.7 Å². The Balaban J connectivity index is 2.36. The molecule has 0 unspecified atom stereocenters. The number of hydrogen-bond acceptors (Lipinski definition) is 4. The molecule has 1 N–H and O–H groups in total. The van der Waals surface area contributed by atoms with Crippen LogP contribution in [0.4, 0.5) is 0 Å². The average molecular weight is 347 g/mol. The van der Waals surface area contributed by atoms with E-state index in [1.165, 1.54) is 20.3 Å². The molecule has 0 bridgehead atoms. The van der Waals surface area contributed by atoms with Crippen molar-refractivity contribution in [3.63, 3.8) is 0 Å². The van der Waals surface area contributed by atoms with Gasteiger partial charge in [-0.3, -0.25) is 9.69 Å². The average Bonchev–Trinajstić information content (AvgIpc) is 2.93. The number of carbonyl (C=O) groups excluding carboxylic acids is 1. The predicted octanol–water partition coefficient (Wildman–Crippen LogP) is 3.18. The number of ether oxygens (including phenoxy) is 2. The smallest absolute Gasteiger partial charge is 0.260 e. The molecule has 1 saturated heterocycles. The summed E-state index contributed by atoms with van der Waals surface area (Å²) < 4.78 is 10.5. The Morgan fingerprint density at radius 3 is 2.41 bits per heavy atom. The zero-order valence-corrected chi connectivity index (χ0v) is 14.4. The van der Waals surface area contributed by atoms with Crippen molar-refractivity contribution in [1.29, 1.82) is 0 Å². The highest BCUT2D eigenvalue weighted by molar-refractivity contribution is 6.37. The highest BCUT2D eigenvalue weighted by atomic mass is 35.5. The van der Waals surface area contributed by atoms with Gasteiger partial charge in [0.1, 0.15) is 5.56 Å². The number of halogens is 2. The minimum absolute atomic E-state index is 0.00432. The highest BCUT2D eigenvalue weighted by Gasteiger charge is 2.29. The van der Waals surface area contributed by atoms with Crippen LogP contribution in [0.1, 0.15) is 30.1 Å². The number of rotatable bonds is 5. The Morgan fingerprint density at radius 2 is 1.91 bits per heavy atom. The molecule has 1 amide bonds. The van der Waals surface area contributed by atoms with E-state index in [1.54, 1.807) is 0 Å². The summed E-state index contributed by atoms with van der Waals surface area (Å²) in [4.78, 5) is 14.9. The van der Waals surface area contributed by atoms with Gasteiger partial charge in [-0.2, -0.15) is 0 Å². The third-order valence-electron chi connectivity index (χ3n) is 3.84. The number of carbonyl (C=O) groups is 1. The second-order valence-corrected chi connectivity index (χ2v) is 5.86. The van der Waals surface area contributed by atoms with Gasteiger partial charge in [-0.05, 0) is 25.5 Å². The molecule has 0 aliphatic carbocycles. The standard InChI is InChI=1S/C15H20Cl2N2O3/c1-4-19-7-5-6-11(19)18-15(20)12-13(21-2)9(16)8-10(17)14(12)22-3/h8,11H,4-7H2,1-3H3,(H,18,20)/t11-/m0/s1. The fraction of sp³-hybridized carbons (Fsp3) is 0.533. The van der Waals surface area contributed by atoms with Gasteiger partial charge in [0.25, 0.3) is 5.91 Å². The minimum atomic E-state index is -0.302. The second-order valence-electron chi connectivity index (χ2n) is 5.04. The van der Waals surface area contributed by atoms with Crippen LogP contribution in [0.25, 0.3) is 0 Å². The quantitative estimate of drug-likeness (QED) is 0.889. The molecule has 22 heavy (non-hydrogen) atoms. The Morgan fingerprint density at radius 1 is 1.32 bits per heavy atom. The molecule has 1 heterocycles. The molecule has 0 spiro atoms. The van der Waals surface area contributed by atoms with Gasteiger partial charge < -0.3 is 14.8 Å². The van der Waals surface area contributed by atoms with Gasteiger partial charge in [0.05, 0.1) is 30.4 Å². The summed E-state index contributed by atoms with van der Waals surface area (Å²) in [5, 5.41) is 3.56. The van der Waals surface area contributed by atoms with Gasteiger partial charge in [0, 0.05) is 6.54 Å². The molecular weight excluding hydrogens is 327 g/mol. The summed E-state index contributed by atoms with van der Waals surface area (Å²) in [5.74, 6) is 0.228. The van der Waals surface area contributed by atoms with E-state index in [0.717, 1.165) is 25.9 Å². The van der Waals surface area contributed by atoms with Crippen LogP contribution in [0, 0.1) is 0 Å². The number of nitrogens with zero attached hydrogens (tertiary/aromatic N) is 1. The number of benzene rings is 1. The molecule has 1 aliphatic rings. The molecule has 0 radical (unpaired) electrons. The van der Waals surface area contributed by atoms with Crippen molar-refractivity contribution in [2.24, 2.45) is 0 Å². The zero-order valence-electron chi connectivity index (χ0n) is 12.9. The van der Waals surface area contributed by atoms with Gasteiger partial charge in [-0.15, -0.1) is 0 Å². The summed E-state index contributed by atoms with van der Waals surface area (Å²) in [6, 6.07) is 1.51. The fourth-order valence-electron chi connectivity index (χ4n) is 2.78. The minimum Gasteiger partial charge on any atom is -0.494 e. The van der Waals surface area contributed by atoms with Crippen LogP contribution in [0.3, 0.4) is 0 Å². The molecule has 7 heteroatoms.